The van der Waals surface area contributed by atoms with Crippen LogP contribution in [0.2, 0.25) is 0 Å². The topological polar surface area (TPSA) is 95.4 Å². The molecule has 0 spiro atoms. The van der Waals surface area contributed by atoms with E-state index in [4.69, 9.17) is 15.2 Å². The molecule has 0 fully saturated rings. The molecule has 1 aliphatic rings. The van der Waals surface area contributed by atoms with Gasteiger partial charge in [0.2, 0.25) is 5.79 Å². The van der Waals surface area contributed by atoms with Gasteiger partial charge in [0.05, 0.1) is 23.0 Å². The van der Waals surface area contributed by atoms with Crippen LogP contribution in [0.1, 0.15) is 19.7 Å². The molecule has 3 N–H and O–H groups in total. The number of nitrogen functional groups attached to an aromatic ring is 1. The van der Waals surface area contributed by atoms with E-state index in [9.17, 15) is 5.11 Å². The molecule has 0 saturated carbocycles. The fraction of sp³-hybridized carbons (Fsp3) is 0.375. The molecule has 0 bridgehead atoms. The van der Waals surface area contributed by atoms with Crippen LogP contribution in [0.3, 0.4) is 0 Å². The molecule has 2 aromatic heterocycles. The quantitative estimate of drug-likeness (QED) is 0.765. The van der Waals surface area contributed by atoms with Crippen molar-refractivity contribution in [2.45, 2.75) is 32.8 Å². The van der Waals surface area contributed by atoms with Gasteiger partial charge in [-0.05, 0) is 19.1 Å². The SMILES string of the molecule is CCOCc1nc2c(N)nc3cccc4c3c2n1C[C@](C)(O)O4. The molecular formula is C16H18N4O3. The van der Waals surface area contributed by atoms with Crippen LogP contribution < -0.4 is 10.5 Å². The maximum absolute atomic E-state index is 10.6. The first-order valence-electron chi connectivity index (χ1n) is 7.56. The summed E-state index contributed by atoms with van der Waals surface area (Å²) in [5.74, 6) is 0.272. The minimum Gasteiger partial charge on any atom is -0.460 e. The Labute approximate surface area is 132 Å². The number of aliphatic hydroxyl groups is 1. The van der Waals surface area contributed by atoms with Gasteiger partial charge in [-0.1, -0.05) is 6.07 Å². The van der Waals surface area contributed by atoms with Crippen molar-refractivity contribution in [3.05, 3.63) is 24.0 Å². The largest absolute Gasteiger partial charge is 0.460 e. The van der Waals surface area contributed by atoms with E-state index in [2.05, 4.69) is 9.97 Å². The molecule has 3 heterocycles. The summed E-state index contributed by atoms with van der Waals surface area (Å²) >= 11 is 0. The fourth-order valence-electron chi connectivity index (χ4n) is 3.09. The van der Waals surface area contributed by atoms with Crippen molar-refractivity contribution in [1.29, 1.82) is 0 Å². The van der Waals surface area contributed by atoms with Crippen molar-refractivity contribution in [2.75, 3.05) is 12.3 Å². The summed E-state index contributed by atoms with van der Waals surface area (Å²) in [5.41, 5.74) is 8.25. The average Bonchev–Trinajstić information content (AvgIpc) is 2.77. The zero-order valence-corrected chi connectivity index (χ0v) is 13.0. The molecule has 7 heteroatoms. The van der Waals surface area contributed by atoms with Crippen LogP contribution in [-0.2, 0) is 17.9 Å². The molecule has 23 heavy (non-hydrogen) atoms. The van der Waals surface area contributed by atoms with Crippen molar-refractivity contribution < 1.29 is 14.6 Å². The van der Waals surface area contributed by atoms with Gasteiger partial charge in [0.1, 0.15) is 23.7 Å². The normalized spacial score (nSPS) is 20.1. The first kappa shape index (κ1) is 14.2. The van der Waals surface area contributed by atoms with Gasteiger partial charge in [-0.2, -0.15) is 0 Å². The Morgan fingerprint density at radius 1 is 1.43 bits per heavy atom. The van der Waals surface area contributed by atoms with E-state index >= 15 is 0 Å². The van der Waals surface area contributed by atoms with Crippen LogP contribution in [0.5, 0.6) is 5.75 Å². The number of nitrogens with zero attached hydrogens (tertiary/aromatic N) is 3. The minimum absolute atomic E-state index is 0.235. The number of aromatic nitrogens is 3. The van der Waals surface area contributed by atoms with Crippen molar-refractivity contribution in [3.8, 4) is 5.75 Å². The van der Waals surface area contributed by atoms with E-state index in [1.165, 1.54) is 0 Å². The fourth-order valence-corrected chi connectivity index (χ4v) is 3.09. The average molecular weight is 314 g/mol. The van der Waals surface area contributed by atoms with Crippen LogP contribution in [0.25, 0.3) is 21.9 Å². The lowest BCUT2D eigenvalue weighted by atomic mass is 10.1. The maximum Gasteiger partial charge on any atom is 0.223 e. The lowest BCUT2D eigenvalue weighted by Crippen LogP contribution is -2.36. The lowest BCUT2D eigenvalue weighted by molar-refractivity contribution is -0.130. The highest BCUT2D eigenvalue weighted by Crippen LogP contribution is 2.39. The van der Waals surface area contributed by atoms with Gasteiger partial charge in [-0.3, -0.25) is 0 Å². The summed E-state index contributed by atoms with van der Waals surface area (Å²) < 4.78 is 13.2. The number of nitrogens with two attached hydrogens (primary N) is 1. The van der Waals surface area contributed by atoms with Crippen LogP contribution in [0.15, 0.2) is 18.2 Å². The molecule has 7 nitrogen and oxygen atoms in total. The Morgan fingerprint density at radius 2 is 2.26 bits per heavy atom. The zero-order chi connectivity index (χ0) is 16.2. The minimum atomic E-state index is -1.36. The predicted molar refractivity (Wildman–Crippen MR) is 86.0 cm³/mol. The molecule has 0 radical (unpaired) electrons. The summed E-state index contributed by atoms with van der Waals surface area (Å²) in [4.78, 5) is 9.02. The summed E-state index contributed by atoms with van der Waals surface area (Å²) in [5, 5.41) is 11.4. The molecule has 1 aromatic carbocycles. The number of pyridine rings is 1. The maximum atomic E-state index is 10.6. The van der Waals surface area contributed by atoms with Crippen LogP contribution in [0, 0.1) is 0 Å². The van der Waals surface area contributed by atoms with Gasteiger partial charge in [-0.25, -0.2) is 9.97 Å². The summed E-state index contributed by atoms with van der Waals surface area (Å²) in [6, 6.07) is 5.52. The van der Waals surface area contributed by atoms with Gasteiger partial charge in [0, 0.05) is 13.5 Å². The second-order valence-corrected chi connectivity index (χ2v) is 5.87. The summed E-state index contributed by atoms with van der Waals surface area (Å²) in [6.07, 6.45) is 0. The monoisotopic (exact) mass is 314 g/mol. The lowest BCUT2D eigenvalue weighted by Gasteiger charge is -2.24. The van der Waals surface area contributed by atoms with Gasteiger partial charge >= 0.3 is 0 Å². The van der Waals surface area contributed by atoms with E-state index < -0.39 is 5.79 Å². The zero-order valence-electron chi connectivity index (χ0n) is 13.0. The molecule has 0 unspecified atom stereocenters. The van der Waals surface area contributed by atoms with Crippen LogP contribution in [-0.4, -0.2) is 32.0 Å². The molecule has 4 rings (SSSR count). The smallest absolute Gasteiger partial charge is 0.223 e. The molecule has 1 aliphatic heterocycles. The Hall–Kier alpha value is -2.38. The number of ether oxygens (including phenoxy) is 2. The number of rotatable bonds is 3. The second kappa shape index (κ2) is 4.81. The number of hydrogen-bond acceptors (Lipinski definition) is 6. The highest BCUT2D eigenvalue weighted by Gasteiger charge is 2.32. The third-order valence-electron chi connectivity index (χ3n) is 3.99. The van der Waals surface area contributed by atoms with E-state index in [-0.39, 0.29) is 6.54 Å². The number of benzene rings is 1. The van der Waals surface area contributed by atoms with Gasteiger partial charge in [-0.15, -0.1) is 0 Å². The Morgan fingerprint density at radius 3 is 3.04 bits per heavy atom. The molecule has 120 valence electrons. The highest BCUT2D eigenvalue weighted by atomic mass is 16.6. The third kappa shape index (κ3) is 2.12. The summed E-state index contributed by atoms with van der Waals surface area (Å²) in [6.45, 7) is 4.71. The van der Waals surface area contributed by atoms with E-state index in [1.807, 2.05) is 29.7 Å². The van der Waals surface area contributed by atoms with E-state index in [1.54, 1.807) is 6.92 Å². The van der Waals surface area contributed by atoms with E-state index in [0.29, 0.717) is 41.6 Å². The Kier molecular flexibility index (Phi) is 2.97. The standard InChI is InChI=1S/C16H18N4O3/c1-3-22-7-11-19-13-14-12-9(18-15(13)17)5-4-6-10(12)23-16(2,21)8-20(11)14/h4-6,21H,3,7-8H2,1-2H3,(H2,17,18)/t16-/m1/s1. The molecular weight excluding hydrogens is 296 g/mol. The Balaban J connectivity index is 2.12. The van der Waals surface area contributed by atoms with Crippen molar-refractivity contribution >= 4 is 27.8 Å². The third-order valence-corrected chi connectivity index (χ3v) is 3.99. The number of anilines is 1. The van der Waals surface area contributed by atoms with Gasteiger partial charge in [0.25, 0.3) is 0 Å². The predicted octanol–water partition coefficient (Wildman–Crippen LogP) is 1.80. The van der Waals surface area contributed by atoms with Crippen molar-refractivity contribution in [1.82, 2.24) is 14.5 Å². The molecule has 3 aromatic rings. The molecule has 1 atom stereocenters. The molecule has 0 saturated heterocycles. The highest BCUT2D eigenvalue weighted by molar-refractivity contribution is 6.09. The molecule has 0 aliphatic carbocycles. The Bertz CT molecular complexity index is 917. The van der Waals surface area contributed by atoms with Gasteiger partial charge < -0.3 is 24.9 Å². The van der Waals surface area contributed by atoms with Crippen LogP contribution >= 0.6 is 0 Å². The number of imidazole rings is 1. The molecule has 0 amide bonds. The van der Waals surface area contributed by atoms with Gasteiger partial charge in [0.15, 0.2) is 5.82 Å². The first-order chi connectivity index (χ1) is 11.0. The number of hydrogen-bond donors (Lipinski definition) is 2. The van der Waals surface area contributed by atoms with E-state index in [0.717, 1.165) is 10.9 Å². The van der Waals surface area contributed by atoms with Crippen molar-refractivity contribution in [3.63, 3.8) is 0 Å². The first-order valence-corrected chi connectivity index (χ1v) is 7.56. The second-order valence-electron chi connectivity index (χ2n) is 5.87. The summed E-state index contributed by atoms with van der Waals surface area (Å²) in [7, 11) is 0. The van der Waals surface area contributed by atoms with Crippen molar-refractivity contribution in [2.24, 2.45) is 0 Å². The van der Waals surface area contributed by atoms with Crippen LogP contribution in [0.4, 0.5) is 5.82 Å².